The lowest BCUT2D eigenvalue weighted by Gasteiger charge is -2.14. The number of rotatable bonds is 12. The molecule has 3 heteroatoms. The molecule has 17 heavy (non-hydrogen) atoms. The van der Waals surface area contributed by atoms with Crippen molar-refractivity contribution in [3.8, 4) is 0 Å². The van der Waals surface area contributed by atoms with E-state index in [-0.39, 0.29) is 0 Å². The maximum absolute atomic E-state index is 8.65. The van der Waals surface area contributed by atoms with Gasteiger partial charge in [0.05, 0.1) is 0 Å². The lowest BCUT2D eigenvalue weighted by atomic mass is 10.1. The van der Waals surface area contributed by atoms with Gasteiger partial charge in [0.2, 0.25) is 0 Å². The molecule has 0 heterocycles. The van der Waals surface area contributed by atoms with Crippen LogP contribution in [0.5, 0.6) is 0 Å². The van der Waals surface area contributed by atoms with Gasteiger partial charge >= 0.3 is 0 Å². The molecule has 0 aromatic heterocycles. The minimum absolute atomic E-state index is 0.359. The van der Waals surface area contributed by atoms with Crippen LogP contribution in [0.3, 0.4) is 0 Å². The first-order valence-electron chi connectivity index (χ1n) is 7.11. The van der Waals surface area contributed by atoms with Crippen molar-refractivity contribution in [2.75, 3.05) is 6.61 Å². The van der Waals surface area contributed by atoms with E-state index in [2.05, 4.69) is 38.8 Å². The summed E-state index contributed by atoms with van der Waals surface area (Å²) in [4.78, 5) is 1.26. The van der Waals surface area contributed by atoms with Crippen LogP contribution in [-0.2, 0) is 0 Å². The molecule has 0 saturated heterocycles. The van der Waals surface area contributed by atoms with E-state index in [0.29, 0.717) is 16.3 Å². The number of halogens is 2. The molecule has 104 valence electrons. The Bertz CT molecular complexity index is 153. The fourth-order valence-electron chi connectivity index (χ4n) is 1.95. The maximum Gasteiger partial charge on any atom is 0.0431 e. The normalized spacial score (nSPS) is 14.8. The average molecular weight is 372 g/mol. The van der Waals surface area contributed by atoms with Gasteiger partial charge in [0.1, 0.15) is 0 Å². The third-order valence-electron chi connectivity index (χ3n) is 3.17. The quantitative estimate of drug-likeness (QED) is 0.358. The molecule has 0 aliphatic heterocycles. The SMILES string of the molecule is CCC(Br)C(Br)CCCCCCCCCCO. The number of alkyl halides is 2. The minimum atomic E-state index is 0.359. The lowest BCUT2D eigenvalue weighted by Crippen LogP contribution is -2.12. The molecule has 0 aliphatic carbocycles. The van der Waals surface area contributed by atoms with Gasteiger partial charge in [0, 0.05) is 16.3 Å². The third kappa shape index (κ3) is 11.7. The Balaban J connectivity index is 3.13. The molecular formula is C14H28Br2O. The highest BCUT2D eigenvalue weighted by molar-refractivity contribution is 9.12. The van der Waals surface area contributed by atoms with Crippen LogP contribution in [0.2, 0.25) is 0 Å². The molecule has 0 radical (unpaired) electrons. The Morgan fingerprint density at radius 1 is 0.765 bits per heavy atom. The molecule has 0 fully saturated rings. The van der Waals surface area contributed by atoms with Crippen molar-refractivity contribution in [3.63, 3.8) is 0 Å². The molecule has 0 aromatic rings. The van der Waals surface area contributed by atoms with Crippen molar-refractivity contribution in [2.45, 2.75) is 80.8 Å². The predicted molar refractivity (Wildman–Crippen MR) is 84.4 cm³/mol. The first-order valence-corrected chi connectivity index (χ1v) is 8.94. The van der Waals surface area contributed by atoms with E-state index in [4.69, 9.17) is 5.11 Å². The summed E-state index contributed by atoms with van der Waals surface area (Å²) in [7, 11) is 0. The van der Waals surface area contributed by atoms with Crippen molar-refractivity contribution < 1.29 is 5.11 Å². The van der Waals surface area contributed by atoms with Crippen LogP contribution in [0.4, 0.5) is 0 Å². The molecule has 0 rings (SSSR count). The van der Waals surface area contributed by atoms with E-state index in [1.807, 2.05) is 0 Å². The second-order valence-electron chi connectivity index (χ2n) is 4.78. The van der Waals surface area contributed by atoms with Crippen molar-refractivity contribution >= 4 is 31.9 Å². The minimum Gasteiger partial charge on any atom is -0.396 e. The summed E-state index contributed by atoms with van der Waals surface area (Å²) in [5, 5.41) is 8.65. The van der Waals surface area contributed by atoms with Crippen LogP contribution < -0.4 is 0 Å². The fraction of sp³-hybridized carbons (Fsp3) is 1.00. The van der Waals surface area contributed by atoms with Crippen molar-refractivity contribution in [1.82, 2.24) is 0 Å². The van der Waals surface area contributed by atoms with Gasteiger partial charge in [-0.25, -0.2) is 0 Å². The zero-order valence-corrected chi connectivity index (χ0v) is 14.3. The monoisotopic (exact) mass is 370 g/mol. The summed E-state index contributed by atoms with van der Waals surface area (Å²) >= 11 is 7.44. The van der Waals surface area contributed by atoms with Gasteiger partial charge in [0.15, 0.2) is 0 Å². The molecule has 0 spiro atoms. The van der Waals surface area contributed by atoms with E-state index >= 15 is 0 Å². The van der Waals surface area contributed by atoms with Gasteiger partial charge < -0.3 is 5.11 Å². The van der Waals surface area contributed by atoms with Gasteiger partial charge in [-0.15, -0.1) is 0 Å². The van der Waals surface area contributed by atoms with Crippen LogP contribution in [0.1, 0.15) is 71.1 Å². The predicted octanol–water partition coefficient (Wildman–Crippen LogP) is 5.43. The molecule has 2 unspecified atom stereocenters. The number of hydrogen-bond acceptors (Lipinski definition) is 1. The lowest BCUT2D eigenvalue weighted by molar-refractivity contribution is 0.282. The summed E-state index contributed by atoms with van der Waals surface area (Å²) in [6.07, 6.45) is 12.7. The molecule has 2 atom stereocenters. The molecule has 0 saturated carbocycles. The van der Waals surface area contributed by atoms with Crippen LogP contribution in [-0.4, -0.2) is 21.4 Å². The molecular weight excluding hydrogens is 344 g/mol. The van der Waals surface area contributed by atoms with Gasteiger partial charge in [-0.1, -0.05) is 83.7 Å². The molecule has 1 nitrogen and oxygen atoms in total. The van der Waals surface area contributed by atoms with Crippen LogP contribution in [0.25, 0.3) is 0 Å². The van der Waals surface area contributed by atoms with Gasteiger partial charge in [0.25, 0.3) is 0 Å². The summed E-state index contributed by atoms with van der Waals surface area (Å²) < 4.78 is 0. The number of aliphatic hydroxyl groups is 1. The van der Waals surface area contributed by atoms with Crippen molar-refractivity contribution in [1.29, 1.82) is 0 Å². The summed E-state index contributed by atoms with van der Waals surface area (Å²) in [5.41, 5.74) is 0. The molecule has 0 bridgehead atoms. The summed E-state index contributed by atoms with van der Waals surface area (Å²) in [6, 6.07) is 0. The Kier molecular flexibility index (Phi) is 14.1. The van der Waals surface area contributed by atoms with Gasteiger partial charge in [-0.3, -0.25) is 0 Å². The molecule has 0 amide bonds. The van der Waals surface area contributed by atoms with Crippen LogP contribution in [0.15, 0.2) is 0 Å². The zero-order chi connectivity index (χ0) is 12.9. The Morgan fingerprint density at radius 2 is 1.24 bits per heavy atom. The van der Waals surface area contributed by atoms with Crippen LogP contribution >= 0.6 is 31.9 Å². The zero-order valence-electron chi connectivity index (χ0n) is 11.1. The number of unbranched alkanes of at least 4 members (excludes halogenated alkanes) is 7. The Labute approximate surface area is 124 Å². The molecule has 0 aromatic carbocycles. The molecule has 1 N–H and O–H groups in total. The highest BCUT2D eigenvalue weighted by atomic mass is 79.9. The smallest absolute Gasteiger partial charge is 0.0431 e. The van der Waals surface area contributed by atoms with Gasteiger partial charge in [-0.05, 0) is 19.3 Å². The van der Waals surface area contributed by atoms with Crippen molar-refractivity contribution in [3.05, 3.63) is 0 Å². The second kappa shape index (κ2) is 13.4. The topological polar surface area (TPSA) is 20.2 Å². The largest absolute Gasteiger partial charge is 0.396 e. The third-order valence-corrected chi connectivity index (χ3v) is 6.26. The summed E-state index contributed by atoms with van der Waals surface area (Å²) in [5.74, 6) is 0. The Hall–Kier alpha value is 0.920. The van der Waals surface area contributed by atoms with Gasteiger partial charge in [-0.2, -0.15) is 0 Å². The fourth-order valence-corrected chi connectivity index (χ4v) is 2.91. The second-order valence-corrected chi connectivity index (χ2v) is 7.13. The molecule has 0 aliphatic rings. The number of aliphatic hydroxyl groups excluding tert-OH is 1. The Morgan fingerprint density at radius 3 is 1.71 bits per heavy atom. The van der Waals surface area contributed by atoms with Crippen LogP contribution in [0, 0.1) is 0 Å². The van der Waals surface area contributed by atoms with E-state index < -0.39 is 0 Å². The van der Waals surface area contributed by atoms with Crippen molar-refractivity contribution in [2.24, 2.45) is 0 Å². The first-order chi connectivity index (χ1) is 8.22. The summed E-state index contributed by atoms with van der Waals surface area (Å²) in [6.45, 7) is 2.58. The first kappa shape index (κ1) is 17.9. The van der Waals surface area contributed by atoms with E-state index in [9.17, 15) is 0 Å². The average Bonchev–Trinajstić information content (AvgIpc) is 2.35. The number of hydrogen-bond donors (Lipinski definition) is 1. The maximum atomic E-state index is 8.65. The standard InChI is InChI=1S/C14H28Br2O/c1-2-13(15)14(16)11-9-7-5-3-4-6-8-10-12-17/h13-14,17H,2-12H2,1H3. The van der Waals surface area contributed by atoms with E-state index in [1.54, 1.807) is 0 Å². The highest BCUT2D eigenvalue weighted by Gasteiger charge is 2.12. The van der Waals surface area contributed by atoms with E-state index in [0.717, 1.165) is 6.42 Å². The highest BCUT2D eigenvalue weighted by Crippen LogP contribution is 2.23. The van der Waals surface area contributed by atoms with E-state index in [1.165, 1.54) is 57.8 Å².